The van der Waals surface area contributed by atoms with Gasteiger partial charge in [-0.3, -0.25) is 20.4 Å². The standard InChI is InChI=1S/C21H20N8O2/c30-20(25-26-21(31)17-6-5-14-3-1-2-4-16(14)23-17)15-9-11-28(12-10-15)19-8-7-18-24-22-13-29(18)27-19/h1-8,13,15H,9-12H2,(H,25,30)(H,26,31). The van der Waals surface area contributed by atoms with Gasteiger partial charge in [0.1, 0.15) is 17.8 Å². The molecule has 1 aliphatic heterocycles. The lowest BCUT2D eigenvalue weighted by molar-refractivity contribution is -0.126. The van der Waals surface area contributed by atoms with Crippen molar-refractivity contribution in [2.24, 2.45) is 5.92 Å². The van der Waals surface area contributed by atoms with Crippen LogP contribution >= 0.6 is 0 Å². The second-order valence-electron chi connectivity index (χ2n) is 7.42. The first-order valence-corrected chi connectivity index (χ1v) is 10.1. The maximum atomic E-state index is 12.5. The average Bonchev–Trinajstić information content (AvgIpc) is 3.30. The highest BCUT2D eigenvalue weighted by Gasteiger charge is 2.26. The molecular formula is C21H20N8O2. The van der Waals surface area contributed by atoms with Gasteiger partial charge in [0, 0.05) is 24.4 Å². The molecule has 1 aromatic carbocycles. The van der Waals surface area contributed by atoms with Crippen molar-refractivity contribution in [2.45, 2.75) is 12.8 Å². The summed E-state index contributed by atoms with van der Waals surface area (Å²) in [5, 5.41) is 13.2. The molecule has 1 saturated heterocycles. The van der Waals surface area contributed by atoms with Gasteiger partial charge in [-0.15, -0.1) is 15.3 Å². The predicted molar refractivity (Wildman–Crippen MR) is 113 cm³/mol. The van der Waals surface area contributed by atoms with E-state index in [0.29, 0.717) is 31.6 Å². The molecule has 0 radical (unpaired) electrons. The van der Waals surface area contributed by atoms with E-state index in [2.05, 4.69) is 36.0 Å². The second-order valence-corrected chi connectivity index (χ2v) is 7.42. The number of para-hydroxylation sites is 1. The van der Waals surface area contributed by atoms with Crippen LogP contribution in [0.2, 0.25) is 0 Å². The summed E-state index contributed by atoms with van der Waals surface area (Å²) in [6.45, 7) is 1.39. The zero-order valence-electron chi connectivity index (χ0n) is 16.6. The van der Waals surface area contributed by atoms with Crippen molar-refractivity contribution >= 4 is 34.2 Å². The molecule has 2 amide bonds. The Hall–Kier alpha value is -4.08. The zero-order chi connectivity index (χ0) is 21.2. The minimum absolute atomic E-state index is 0.181. The number of anilines is 1. The van der Waals surface area contributed by atoms with E-state index in [1.807, 2.05) is 42.5 Å². The quantitative estimate of drug-likeness (QED) is 0.484. The highest BCUT2D eigenvalue weighted by atomic mass is 16.2. The lowest BCUT2D eigenvalue weighted by Crippen LogP contribution is -2.47. The Labute approximate surface area is 177 Å². The highest BCUT2D eigenvalue weighted by Crippen LogP contribution is 2.22. The Kier molecular flexibility index (Phi) is 4.87. The fraction of sp³-hybridized carbons (Fsp3) is 0.238. The van der Waals surface area contributed by atoms with Crippen molar-refractivity contribution in [3.05, 3.63) is 60.6 Å². The molecule has 4 aromatic rings. The summed E-state index contributed by atoms with van der Waals surface area (Å²) in [6, 6.07) is 14.8. The third-order valence-electron chi connectivity index (χ3n) is 5.47. The Morgan fingerprint density at radius 1 is 0.968 bits per heavy atom. The van der Waals surface area contributed by atoms with E-state index >= 15 is 0 Å². The van der Waals surface area contributed by atoms with Gasteiger partial charge in [-0.05, 0) is 37.1 Å². The first-order valence-electron chi connectivity index (χ1n) is 10.1. The number of amides is 2. The van der Waals surface area contributed by atoms with E-state index < -0.39 is 5.91 Å². The molecule has 0 aliphatic carbocycles. The number of fused-ring (bicyclic) bond motifs is 2. The van der Waals surface area contributed by atoms with Crippen LogP contribution in [-0.2, 0) is 4.79 Å². The van der Waals surface area contributed by atoms with E-state index in [9.17, 15) is 9.59 Å². The summed E-state index contributed by atoms with van der Waals surface area (Å²) >= 11 is 0. The van der Waals surface area contributed by atoms with Gasteiger partial charge in [-0.25, -0.2) is 4.98 Å². The summed E-state index contributed by atoms with van der Waals surface area (Å²) in [5.74, 6) is 0.000545. The van der Waals surface area contributed by atoms with E-state index in [0.717, 1.165) is 16.7 Å². The first-order chi connectivity index (χ1) is 15.2. The van der Waals surface area contributed by atoms with Crippen molar-refractivity contribution in [3.63, 3.8) is 0 Å². The molecule has 0 spiro atoms. The van der Waals surface area contributed by atoms with Gasteiger partial charge in [0.15, 0.2) is 5.65 Å². The summed E-state index contributed by atoms with van der Waals surface area (Å²) in [6.07, 6.45) is 2.89. The minimum atomic E-state index is -0.442. The smallest absolute Gasteiger partial charge is 0.288 e. The molecular weight excluding hydrogens is 396 g/mol. The largest absolute Gasteiger partial charge is 0.355 e. The van der Waals surface area contributed by atoms with Crippen LogP contribution in [-0.4, -0.2) is 49.7 Å². The fourth-order valence-corrected chi connectivity index (χ4v) is 3.73. The number of carbonyl (C=O) groups excluding carboxylic acids is 2. The molecule has 1 aliphatic rings. The summed E-state index contributed by atoms with van der Waals surface area (Å²) < 4.78 is 1.63. The number of aromatic nitrogens is 5. The molecule has 31 heavy (non-hydrogen) atoms. The molecule has 0 unspecified atom stereocenters. The average molecular weight is 416 g/mol. The number of rotatable bonds is 3. The summed E-state index contributed by atoms with van der Waals surface area (Å²) in [7, 11) is 0. The SMILES string of the molecule is O=C(NNC(=O)C1CCN(c2ccc3nncn3n2)CC1)c1ccc2ccccc2n1. The molecule has 0 saturated carbocycles. The van der Waals surface area contributed by atoms with Crippen molar-refractivity contribution in [1.29, 1.82) is 0 Å². The van der Waals surface area contributed by atoms with Crippen molar-refractivity contribution in [2.75, 3.05) is 18.0 Å². The number of carbonyl (C=O) groups is 2. The van der Waals surface area contributed by atoms with Gasteiger partial charge >= 0.3 is 0 Å². The van der Waals surface area contributed by atoms with E-state index in [-0.39, 0.29) is 17.5 Å². The van der Waals surface area contributed by atoms with E-state index in [1.54, 1.807) is 16.9 Å². The third kappa shape index (κ3) is 3.87. The molecule has 1 fully saturated rings. The molecule has 10 nitrogen and oxygen atoms in total. The van der Waals surface area contributed by atoms with Crippen molar-refractivity contribution in [3.8, 4) is 0 Å². The van der Waals surface area contributed by atoms with Crippen LogP contribution in [0, 0.1) is 5.92 Å². The number of hydrogen-bond donors (Lipinski definition) is 2. The van der Waals surface area contributed by atoms with Gasteiger partial charge in [-0.1, -0.05) is 24.3 Å². The highest BCUT2D eigenvalue weighted by molar-refractivity contribution is 5.96. The van der Waals surface area contributed by atoms with Crippen LogP contribution in [0.1, 0.15) is 23.3 Å². The zero-order valence-corrected chi connectivity index (χ0v) is 16.6. The fourth-order valence-electron chi connectivity index (χ4n) is 3.73. The molecule has 10 heteroatoms. The van der Waals surface area contributed by atoms with Gasteiger partial charge in [-0.2, -0.15) is 4.52 Å². The molecule has 0 bridgehead atoms. The van der Waals surface area contributed by atoms with Crippen LogP contribution in [0.25, 0.3) is 16.6 Å². The Morgan fingerprint density at radius 3 is 2.68 bits per heavy atom. The molecule has 4 heterocycles. The van der Waals surface area contributed by atoms with Crippen LogP contribution in [0.5, 0.6) is 0 Å². The Balaban J connectivity index is 1.15. The summed E-state index contributed by atoms with van der Waals surface area (Å²) in [5.41, 5.74) is 6.69. The van der Waals surface area contributed by atoms with Crippen molar-refractivity contribution < 1.29 is 9.59 Å². The van der Waals surface area contributed by atoms with Gasteiger partial charge in [0.25, 0.3) is 5.91 Å². The van der Waals surface area contributed by atoms with Crippen LogP contribution in [0.4, 0.5) is 5.82 Å². The van der Waals surface area contributed by atoms with Gasteiger partial charge in [0.2, 0.25) is 5.91 Å². The lowest BCUT2D eigenvalue weighted by atomic mass is 9.96. The summed E-state index contributed by atoms with van der Waals surface area (Å²) in [4.78, 5) is 31.4. The molecule has 5 rings (SSSR count). The minimum Gasteiger partial charge on any atom is -0.355 e. The first kappa shape index (κ1) is 18.9. The number of pyridine rings is 1. The number of piperidine rings is 1. The van der Waals surface area contributed by atoms with E-state index in [4.69, 9.17) is 0 Å². The monoisotopic (exact) mass is 416 g/mol. The van der Waals surface area contributed by atoms with Crippen molar-refractivity contribution in [1.82, 2.24) is 35.6 Å². The topological polar surface area (TPSA) is 117 Å². The van der Waals surface area contributed by atoms with Crippen LogP contribution in [0.3, 0.4) is 0 Å². The maximum absolute atomic E-state index is 12.5. The van der Waals surface area contributed by atoms with Crippen LogP contribution in [0.15, 0.2) is 54.9 Å². The van der Waals surface area contributed by atoms with Gasteiger partial charge in [0.05, 0.1) is 5.52 Å². The normalized spacial score (nSPS) is 14.6. The molecule has 0 atom stereocenters. The Bertz CT molecular complexity index is 1260. The molecule has 2 N–H and O–H groups in total. The predicted octanol–water partition coefficient (Wildman–Crippen LogP) is 1.35. The molecule has 156 valence electrons. The Morgan fingerprint density at radius 2 is 1.81 bits per heavy atom. The number of hydrogen-bond acceptors (Lipinski definition) is 7. The lowest BCUT2D eigenvalue weighted by Gasteiger charge is -2.31. The van der Waals surface area contributed by atoms with Gasteiger partial charge < -0.3 is 4.90 Å². The van der Waals surface area contributed by atoms with Crippen LogP contribution < -0.4 is 15.8 Å². The number of benzene rings is 1. The number of nitrogens with one attached hydrogen (secondary N) is 2. The number of nitrogens with zero attached hydrogens (tertiary/aromatic N) is 6. The third-order valence-corrected chi connectivity index (χ3v) is 5.47. The molecule has 3 aromatic heterocycles. The number of hydrazine groups is 1. The second kappa shape index (κ2) is 7.98. The van der Waals surface area contributed by atoms with E-state index in [1.165, 1.54) is 0 Å². The maximum Gasteiger partial charge on any atom is 0.288 e.